The summed E-state index contributed by atoms with van der Waals surface area (Å²) in [7, 11) is 0. The Kier molecular flexibility index (Phi) is 5.97. The van der Waals surface area contributed by atoms with Crippen LogP contribution in [-0.4, -0.2) is 0 Å². The molecule has 0 bridgehead atoms. The highest BCUT2D eigenvalue weighted by Crippen LogP contribution is 2.34. The van der Waals surface area contributed by atoms with Gasteiger partial charge in [0.15, 0.2) is 0 Å². The fraction of sp³-hybridized carbons (Fsp3) is 0.667. The average Bonchev–Trinajstić information content (AvgIpc) is 2.61. The number of nitrogens with one attached hydrogen (secondary N) is 1. The number of aryl methyl sites for hydroxylation is 1. The van der Waals surface area contributed by atoms with Crippen LogP contribution in [0.15, 0.2) is 9.85 Å². The van der Waals surface area contributed by atoms with Crippen LogP contribution in [0.25, 0.3) is 0 Å². The molecule has 1 atom stereocenters. The Morgan fingerprint density at radius 1 is 1.44 bits per heavy atom. The Balaban J connectivity index is 2.74. The van der Waals surface area contributed by atoms with Crippen LogP contribution in [0.4, 0.5) is 0 Å². The van der Waals surface area contributed by atoms with Crippen molar-refractivity contribution in [2.24, 2.45) is 11.8 Å². The molecule has 0 saturated heterocycles. The standard InChI is InChI=1S/C12H21BrN2S/c1-4-9(5-2)7-10(15-14)11-6-8(3)12(13)16-11/h6,9-10,15H,4-5,7,14H2,1-3H3. The fourth-order valence-corrected chi connectivity index (χ4v) is 3.52. The average molecular weight is 305 g/mol. The van der Waals surface area contributed by atoms with Gasteiger partial charge in [-0.3, -0.25) is 11.3 Å². The van der Waals surface area contributed by atoms with Crippen molar-refractivity contribution in [1.29, 1.82) is 0 Å². The van der Waals surface area contributed by atoms with E-state index in [9.17, 15) is 0 Å². The molecule has 2 nitrogen and oxygen atoms in total. The predicted octanol–water partition coefficient (Wildman–Crippen LogP) is 4.15. The first-order valence-corrected chi connectivity index (χ1v) is 7.45. The molecule has 1 rings (SSSR count). The largest absolute Gasteiger partial charge is 0.271 e. The summed E-state index contributed by atoms with van der Waals surface area (Å²) in [6.07, 6.45) is 3.57. The zero-order valence-corrected chi connectivity index (χ0v) is 12.6. The highest BCUT2D eigenvalue weighted by atomic mass is 79.9. The van der Waals surface area contributed by atoms with Gasteiger partial charge in [0, 0.05) is 4.88 Å². The van der Waals surface area contributed by atoms with Gasteiger partial charge in [-0.15, -0.1) is 11.3 Å². The van der Waals surface area contributed by atoms with Gasteiger partial charge < -0.3 is 0 Å². The van der Waals surface area contributed by atoms with Gasteiger partial charge in [0.1, 0.15) is 0 Å². The molecule has 1 heterocycles. The van der Waals surface area contributed by atoms with E-state index < -0.39 is 0 Å². The predicted molar refractivity (Wildman–Crippen MR) is 75.5 cm³/mol. The molecule has 1 unspecified atom stereocenters. The van der Waals surface area contributed by atoms with Crippen LogP contribution < -0.4 is 11.3 Å². The summed E-state index contributed by atoms with van der Waals surface area (Å²) in [5.41, 5.74) is 4.24. The van der Waals surface area contributed by atoms with Crippen LogP contribution in [-0.2, 0) is 0 Å². The zero-order valence-electron chi connectivity index (χ0n) is 10.2. The van der Waals surface area contributed by atoms with Crippen LogP contribution in [0.3, 0.4) is 0 Å². The number of nitrogens with two attached hydrogens (primary N) is 1. The van der Waals surface area contributed by atoms with E-state index in [1.165, 1.54) is 27.1 Å². The van der Waals surface area contributed by atoms with Crippen molar-refractivity contribution >= 4 is 27.3 Å². The van der Waals surface area contributed by atoms with Crippen molar-refractivity contribution in [3.8, 4) is 0 Å². The van der Waals surface area contributed by atoms with Crippen LogP contribution >= 0.6 is 27.3 Å². The molecule has 0 amide bonds. The van der Waals surface area contributed by atoms with E-state index in [0.29, 0.717) is 6.04 Å². The van der Waals surface area contributed by atoms with Gasteiger partial charge in [0.25, 0.3) is 0 Å². The lowest BCUT2D eigenvalue weighted by atomic mass is 9.94. The molecule has 3 N–H and O–H groups in total. The molecule has 92 valence electrons. The van der Waals surface area contributed by atoms with Crippen molar-refractivity contribution < 1.29 is 0 Å². The number of hydrogen-bond acceptors (Lipinski definition) is 3. The first kappa shape index (κ1) is 14.2. The minimum Gasteiger partial charge on any atom is -0.271 e. The maximum Gasteiger partial charge on any atom is 0.0731 e. The summed E-state index contributed by atoms with van der Waals surface area (Å²) in [6, 6.07) is 2.52. The second kappa shape index (κ2) is 6.74. The van der Waals surface area contributed by atoms with Gasteiger partial charge in [-0.25, -0.2) is 0 Å². The molecule has 0 aliphatic rings. The molecule has 0 saturated carbocycles. The Hall–Kier alpha value is 0.1000. The molecule has 0 aliphatic heterocycles. The Bertz CT molecular complexity index is 301. The molecule has 0 spiro atoms. The summed E-state index contributed by atoms with van der Waals surface area (Å²) in [5, 5.41) is 0. The Morgan fingerprint density at radius 3 is 2.44 bits per heavy atom. The lowest BCUT2D eigenvalue weighted by Gasteiger charge is -2.20. The maximum absolute atomic E-state index is 5.66. The monoisotopic (exact) mass is 304 g/mol. The van der Waals surface area contributed by atoms with E-state index in [-0.39, 0.29) is 0 Å². The summed E-state index contributed by atoms with van der Waals surface area (Å²) >= 11 is 5.35. The first-order valence-electron chi connectivity index (χ1n) is 5.84. The highest BCUT2D eigenvalue weighted by Gasteiger charge is 2.17. The van der Waals surface area contributed by atoms with Crippen LogP contribution in [0.1, 0.15) is 49.6 Å². The van der Waals surface area contributed by atoms with Crippen molar-refractivity contribution in [1.82, 2.24) is 5.43 Å². The number of rotatable bonds is 6. The number of halogens is 1. The molecule has 0 aliphatic carbocycles. The summed E-state index contributed by atoms with van der Waals surface area (Å²) in [6.45, 7) is 6.61. The molecule has 0 radical (unpaired) electrons. The van der Waals surface area contributed by atoms with E-state index in [0.717, 1.165) is 12.3 Å². The van der Waals surface area contributed by atoms with Gasteiger partial charge in [0.2, 0.25) is 0 Å². The first-order chi connectivity index (χ1) is 7.62. The molecule has 0 fully saturated rings. The van der Waals surface area contributed by atoms with Crippen molar-refractivity contribution in [2.45, 2.75) is 46.1 Å². The third kappa shape index (κ3) is 3.55. The lowest BCUT2D eigenvalue weighted by molar-refractivity contribution is 0.378. The van der Waals surface area contributed by atoms with Crippen molar-refractivity contribution in [3.05, 3.63) is 20.3 Å². The van der Waals surface area contributed by atoms with Gasteiger partial charge in [-0.1, -0.05) is 26.7 Å². The highest BCUT2D eigenvalue weighted by molar-refractivity contribution is 9.11. The second-order valence-corrected chi connectivity index (χ2v) is 6.64. The molecule has 1 aromatic rings. The normalized spacial score (nSPS) is 13.4. The number of thiophene rings is 1. The van der Waals surface area contributed by atoms with Crippen LogP contribution in [0.5, 0.6) is 0 Å². The molecule has 4 heteroatoms. The minimum absolute atomic E-state index is 0.292. The molecular formula is C12H21BrN2S. The third-order valence-corrected chi connectivity index (χ3v) is 5.39. The molecular weight excluding hydrogens is 284 g/mol. The van der Waals surface area contributed by atoms with Gasteiger partial charge in [-0.05, 0) is 46.8 Å². The Morgan fingerprint density at radius 2 is 2.06 bits per heavy atom. The summed E-state index contributed by atoms with van der Waals surface area (Å²) < 4.78 is 1.22. The topological polar surface area (TPSA) is 38.0 Å². The molecule has 1 aromatic heterocycles. The van der Waals surface area contributed by atoms with E-state index in [1.807, 2.05) is 0 Å². The van der Waals surface area contributed by atoms with E-state index in [4.69, 9.17) is 5.84 Å². The quantitative estimate of drug-likeness (QED) is 0.612. The van der Waals surface area contributed by atoms with E-state index >= 15 is 0 Å². The fourth-order valence-electron chi connectivity index (χ4n) is 1.88. The molecule has 0 aromatic carbocycles. The summed E-state index contributed by atoms with van der Waals surface area (Å²) in [5.74, 6) is 6.42. The Labute approximate surface area is 111 Å². The van der Waals surface area contributed by atoms with Crippen LogP contribution in [0, 0.1) is 12.8 Å². The third-order valence-electron chi connectivity index (χ3n) is 3.14. The minimum atomic E-state index is 0.292. The maximum atomic E-state index is 5.66. The van der Waals surface area contributed by atoms with Gasteiger partial charge in [0.05, 0.1) is 9.83 Å². The summed E-state index contributed by atoms with van der Waals surface area (Å²) in [4.78, 5) is 1.33. The van der Waals surface area contributed by atoms with Gasteiger partial charge in [-0.2, -0.15) is 0 Å². The zero-order chi connectivity index (χ0) is 12.1. The number of hydrazine groups is 1. The number of hydrogen-bond donors (Lipinski definition) is 2. The van der Waals surface area contributed by atoms with Crippen molar-refractivity contribution in [3.63, 3.8) is 0 Å². The van der Waals surface area contributed by atoms with Gasteiger partial charge >= 0.3 is 0 Å². The van der Waals surface area contributed by atoms with E-state index in [1.54, 1.807) is 11.3 Å². The SMILES string of the molecule is CCC(CC)CC(NN)c1cc(C)c(Br)s1. The smallest absolute Gasteiger partial charge is 0.0731 e. The van der Waals surface area contributed by atoms with Crippen molar-refractivity contribution in [2.75, 3.05) is 0 Å². The second-order valence-electron chi connectivity index (χ2n) is 4.24. The lowest BCUT2D eigenvalue weighted by Crippen LogP contribution is -2.29. The van der Waals surface area contributed by atoms with E-state index in [2.05, 4.69) is 48.2 Å². The molecule has 16 heavy (non-hydrogen) atoms. The van der Waals surface area contributed by atoms with Crippen LogP contribution in [0.2, 0.25) is 0 Å².